The van der Waals surface area contributed by atoms with Crippen LogP contribution in [0.15, 0.2) is 28.8 Å². The Labute approximate surface area is 120 Å². The van der Waals surface area contributed by atoms with Gasteiger partial charge in [0.05, 0.1) is 5.70 Å². The number of halogens is 1. The zero-order valence-electron chi connectivity index (χ0n) is 10.4. The molecule has 0 fully saturated rings. The molecule has 1 rings (SSSR count). The van der Waals surface area contributed by atoms with E-state index < -0.39 is 6.09 Å². The van der Waals surface area contributed by atoms with Crippen LogP contribution in [0.2, 0.25) is 0 Å². The van der Waals surface area contributed by atoms with E-state index in [4.69, 9.17) is 4.74 Å². The molecule has 1 aliphatic carbocycles. The molecule has 7 heteroatoms. The van der Waals surface area contributed by atoms with Gasteiger partial charge in [0.2, 0.25) is 0 Å². The van der Waals surface area contributed by atoms with Crippen molar-refractivity contribution in [2.45, 2.75) is 26.7 Å². The van der Waals surface area contributed by atoms with Crippen LogP contribution in [0, 0.1) is 10.8 Å². The van der Waals surface area contributed by atoms with E-state index >= 15 is 0 Å². The average molecular weight is 365 g/mol. The van der Waals surface area contributed by atoms with E-state index in [-0.39, 0.29) is 5.92 Å². The van der Waals surface area contributed by atoms with Crippen molar-refractivity contribution in [2.24, 2.45) is 11.1 Å². The molecule has 100 valence electrons. The number of nitrogens with one attached hydrogen (secondary N) is 1. The van der Waals surface area contributed by atoms with Crippen molar-refractivity contribution in [3.8, 4) is 0 Å². The van der Waals surface area contributed by atoms with Gasteiger partial charge in [0.25, 0.3) is 0 Å². The van der Waals surface area contributed by atoms with Gasteiger partial charge in [-0.2, -0.15) is 3.64 Å². The number of nitroso groups, excluding NO2 is 1. The molecule has 18 heavy (non-hydrogen) atoms. The maximum atomic E-state index is 11.8. The van der Waals surface area contributed by atoms with Gasteiger partial charge < -0.3 is 4.74 Å². The van der Waals surface area contributed by atoms with Crippen LogP contribution in [0.3, 0.4) is 0 Å². The Morgan fingerprint density at radius 3 is 2.89 bits per heavy atom. The Bertz CT molecular complexity index is 382. The van der Waals surface area contributed by atoms with E-state index in [2.05, 4.69) is 8.82 Å². The number of hydrazine groups is 1. The smallest absolute Gasteiger partial charge is 0.414 e. The Hall–Kier alpha value is -0.960. The maximum Gasteiger partial charge on any atom is 0.430 e. The minimum Gasteiger partial charge on any atom is -0.414 e. The lowest BCUT2D eigenvalue weighted by atomic mass is 9.98. The fourth-order valence-electron chi connectivity index (χ4n) is 1.57. The molecule has 0 bridgehead atoms. The summed E-state index contributed by atoms with van der Waals surface area (Å²) in [6, 6.07) is 0. The third kappa shape index (κ3) is 4.05. The molecule has 0 spiro atoms. The molecule has 0 aromatic heterocycles. The lowest BCUT2D eigenvalue weighted by Crippen LogP contribution is -2.38. The van der Waals surface area contributed by atoms with Crippen LogP contribution < -0.4 is 3.64 Å². The number of allylic oxidation sites excluding steroid dienone is 4. The summed E-state index contributed by atoms with van der Waals surface area (Å²) in [6.45, 7) is 4.41. The molecule has 0 aromatic carbocycles. The van der Waals surface area contributed by atoms with Crippen molar-refractivity contribution < 1.29 is 9.53 Å². The Morgan fingerprint density at radius 2 is 2.39 bits per heavy atom. The van der Waals surface area contributed by atoms with Crippen molar-refractivity contribution in [3.05, 3.63) is 28.5 Å². The van der Waals surface area contributed by atoms with Crippen molar-refractivity contribution >= 4 is 29.0 Å². The van der Waals surface area contributed by atoms with Crippen molar-refractivity contribution in [2.75, 3.05) is 6.54 Å². The number of amides is 1. The van der Waals surface area contributed by atoms with E-state index in [1.807, 2.05) is 36.7 Å². The van der Waals surface area contributed by atoms with Gasteiger partial charge in [-0.25, -0.2) is 9.80 Å². The highest BCUT2D eigenvalue weighted by Crippen LogP contribution is 2.26. The van der Waals surface area contributed by atoms with E-state index in [0.717, 1.165) is 6.42 Å². The Morgan fingerprint density at radius 1 is 1.67 bits per heavy atom. The molecule has 6 nitrogen and oxygen atoms in total. The van der Waals surface area contributed by atoms with Gasteiger partial charge in [-0.1, -0.05) is 13.8 Å². The van der Waals surface area contributed by atoms with Crippen LogP contribution in [-0.2, 0) is 4.74 Å². The third-order valence-corrected chi connectivity index (χ3v) is 3.13. The second kappa shape index (κ2) is 7.47. The topological polar surface area (TPSA) is 71.0 Å². The number of ether oxygens (including phenoxy) is 1. The summed E-state index contributed by atoms with van der Waals surface area (Å²) >= 11 is 1.88. The summed E-state index contributed by atoms with van der Waals surface area (Å²) in [6.07, 6.45) is 4.10. The van der Waals surface area contributed by atoms with Crippen LogP contribution in [-0.4, -0.2) is 17.6 Å². The first kappa shape index (κ1) is 15.1. The molecule has 0 aliphatic heterocycles. The number of nitrogens with zero attached hydrogens (tertiary/aromatic N) is 2. The van der Waals surface area contributed by atoms with Gasteiger partial charge in [-0.3, -0.25) is 0 Å². The molecular formula is C11H16IN3O3. The van der Waals surface area contributed by atoms with Crippen LogP contribution in [0.1, 0.15) is 26.7 Å². The molecule has 0 saturated carbocycles. The van der Waals surface area contributed by atoms with Gasteiger partial charge in [-0.15, -0.1) is 4.91 Å². The molecule has 0 saturated heterocycles. The van der Waals surface area contributed by atoms with E-state index in [1.54, 1.807) is 12.2 Å². The molecule has 1 aliphatic rings. The maximum absolute atomic E-state index is 11.8. The van der Waals surface area contributed by atoms with Crippen molar-refractivity contribution in [1.82, 2.24) is 8.65 Å². The first-order valence-corrected chi connectivity index (χ1v) is 6.80. The van der Waals surface area contributed by atoms with Gasteiger partial charge >= 0.3 is 6.09 Å². The lowest BCUT2D eigenvalue weighted by molar-refractivity contribution is 0.119. The minimum atomic E-state index is -0.444. The predicted molar refractivity (Wildman–Crippen MR) is 76.4 cm³/mol. The van der Waals surface area contributed by atoms with Crippen LogP contribution in [0.4, 0.5) is 4.79 Å². The molecule has 1 N–H and O–H groups in total. The van der Waals surface area contributed by atoms with Crippen molar-refractivity contribution in [3.63, 3.8) is 0 Å². The summed E-state index contributed by atoms with van der Waals surface area (Å²) in [4.78, 5) is 22.2. The summed E-state index contributed by atoms with van der Waals surface area (Å²) in [5.41, 5.74) is 0.479. The summed E-state index contributed by atoms with van der Waals surface area (Å²) in [5, 5.41) is 4.32. The second-order valence-electron chi connectivity index (χ2n) is 4.03. The fraction of sp³-hybridized carbons (Fsp3) is 0.545. The van der Waals surface area contributed by atoms with E-state index in [0.29, 0.717) is 24.4 Å². The zero-order chi connectivity index (χ0) is 13.5. The normalized spacial score (nSPS) is 18.7. The quantitative estimate of drug-likeness (QED) is 0.351. The molecule has 0 aromatic rings. The highest BCUT2D eigenvalue weighted by molar-refractivity contribution is 14.1. The Kier molecular flexibility index (Phi) is 6.27. The first-order chi connectivity index (χ1) is 8.62. The van der Waals surface area contributed by atoms with Gasteiger partial charge in [0.15, 0.2) is 0 Å². The molecule has 0 radical (unpaired) electrons. The third-order valence-electron chi connectivity index (χ3n) is 2.55. The van der Waals surface area contributed by atoms with Crippen molar-refractivity contribution in [1.29, 1.82) is 0 Å². The highest BCUT2D eigenvalue weighted by Gasteiger charge is 2.21. The lowest BCUT2D eigenvalue weighted by Gasteiger charge is -2.22. The van der Waals surface area contributed by atoms with Gasteiger partial charge in [0, 0.05) is 41.7 Å². The largest absolute Gasteiger partial charge is 0.430 e. The standard InChI is InChI=1S/C11H16IN3O3/c1-3-6-15(14-12)11(16)18-9-4-5-10(13-17)8(2)7-9/h4-5,8,14H,3,6-7H2,1-2H3. The zero-order valence-corrected chi connectivity index (χ0v) is 12.5. The summed E-state index contributed by atoms with van der Waals surface area (Å²) < 4.78 is 7.99. The summed E-state index contributed by atoms with van der Waals surface area (Å²) in [7, 11) is 0. The van der Waals surface area contributed by atoms with E-state index in [1.165, 1.54) is 5.01 Å². The molecular weight excluding hydrogens is 349 g/mol. The van der Waals surface area contributed by atoms with Crippen LogP contribution in [0.5, 0.6) is 0 Å². The predicted octanol–water partition coefficient (Wildman–Crippen LogP) is 3.26. The molecule has 1 atom stereocenters. The Balaban J connectivity index is 2.63. The number of rotatable bonds is 5. The van der Waals surface area contributed by atoms with Crippen LogP contribution in [0.25, 0.3) is 0 Å². The number of hydrogen-bond donors (Lipinski definition) is 1. The van der Waals surface area contributed by atoms with E-state index in [9.17, 15) is 9.70 Å². The summed E-state index contributed by atoms with van der Waals surface area (Å²) in [5.74, 6) is 0.523. The minimum absolute atomic E-state index is 0.0255. The number of hydrogen-bond acceptors (Lipinski definition) is 5. The number of carbonyl (C=O) groups excluding carboxylic acids is 1. The fourth-order valence-corrected chi connectivity index (χ4v) is 2.01. The van der Waals surface area contributed by atoms with Gasteiger partial charge in [0.1, 0.15) is 5.76 Å². The van der Waals surface area contributed by atoms with Crippen LogP contribution >= 0.6 is 22.9 Å². The average Bonchev–Trinajstić information content (AvgIpc) is 2.36. The molecule has 1 unspecified atom stereocenters. The number of carbonyl (C=O) groups is 1. The van der Waals surface area contributed by atoms with Gasteiger partial charge in [-0.05, 0) is 23.7 Å². The molecule has 0 heterocycles. The SMILES string of the molecule is CCCN(NI)C(=O)OC1=CC=C(N=O)C(C)C1. The first-order valence-electron chi connectivity index (χ1n) is 5.72. The molecule has 1 amide bonds. The highest BCUT2D eigenvalue weighted by atomic mass is 127. The monoisotopic (exact) mass is 365 g/mol. The second-order valence-corrected chi connectivity index (χ2v) is 4.51.